The number of carbonyl (C=O) groups excluding carboxylic acids is 2. The summed E-state index contributed by atoms with van der Waals surface area (Å²) in [6, 6.07) is -0.0507. The Bertz CT molecular complexity index is 708. The van der Waals surface area contributed by atoms with Crippen molar-refractivity contribution >= 4 is 18.1 Å². The van der Waals surface area contributed by atoms with Crippen molar-refractivity contribution in [3.05, 3.63) is 11.6 Å². The van der Waals surface area contributed by atoms with E-state index in [1.165, 1.54) is 4.90 Å². The Morgan fingerprint density at radius 2 is 2.04 bits per heavy atom. The summed E-state index contributed by atoms with van der Waals surface area (Å²) < 4.78 is 6.76. The van der Waals surface area contributed by atoms with Crippen LogP contribution in [0.15, 0.2) is 0 Å². The third-order valence-electron chi connectivity index (χ3n) is 4.81. The van der Waals surface area contributed by atoms with E-state index in [4.69, 9.17) is 9.84 Å². The molecule has 4 rings (SSSR count). The van der Waals surface area contributed by atoms with E-state index in [0.717, 1.165) is 0 Å². The molecule has 2 atom stereocenters. The number of nitrogens with zero attached hydrogens (tertiary/aromatic N) is 5. The lowest BCUT2D eigenvalue weighted by Crippen LogP contribution is -2.50. The zero-order chi connectivity index (χ0) is 17.6. The van der Waals surface area contributed by atoms with Gasteiger partial charge in [0.2, 0.25) is 5.82 Å². The van der Waals surface area contributed by atoms with Crippen molar-refractivity contribution < 1.29 is 24.2 Å². The minimum absolute atomic E-state index is 0.0507. The fourth-order valence-corrected chi connectivity index (χ4v) is 3.43. The number of hydrogen-bond donors (Lipinski definition) is 2. The van der Waals surface area contributed by atoms with Gasteiger partial charge in [-0.2, -0.15) is 0 Å². The van der Waals surface area contributed by atoms with Crippen LogP contribution >= 0.6 is 0 Å². The maximum absolute atomic E-state index is 12.7. The van der Waals surface area contributed by atoms with Crippen LogP contribution in [0.3, 0.4) is 0 Å². The lowest BCUT2D eigenvalue weighted by Gasteiger charge is -2.32. The Hall–Kier alpha value is -2.85. The van der Waals surface area contributed by atoms with Gasteiger partial charge in [-0.05, 0) is 6.42 Å². The van der Waals surface area contributed by atoms with Gasteiger partial charge < -0.3 is 25.0 Å². The quantitative estimate of drug-likeness (QED) is 0.674. The number of hydrogen-bond acceptors (Lipinski definition) is 6. The van der Waals surface area contributed by atoms with Crippen molar-refractivity contribution in [2.45, 2.75) is 31.5 Å². The largest absolute Gasteiger partial charge is 0.465 e. The summed E-state index contributed by atoms with van der Waals surface area (Å²) in [5.74, 6) is 0.419. The molecule has 3 amide bonds. The number of alkyl carbamates (subject to hydrolysis) is 1. The van der Waals surface area contributed by atoms with Crippen LogP contribution in [0.4, 0.5) is 9.59 Å². The van der Waals surface area contributed by atoms with Crippen molar-refractivity contribution in [2.75, 3.05) is 26.2 Å². The van der Waals surface area contributed by atoms with E-state index < -0.39 is 12.2 Å². The fourth-order valence-electron chi connectivity index (χ4n) is 3.43. The minimum atomic E-state index is -0.968. The fraction of sp³-hybridized carbons (Fsp3) is 0.643. The van der Waals surface area contributed by atoms with E-state index in [9.17, 15) is 14.4 Å². The molecule has 0 unspecified atom stereocenters. The summed E-state index contributed by atoms with van der Waals surface area (Å²) >= 11 is 0. The van der Waals surface area contributed by atoms with Crippen LogP contribution in [-0.4, -0.2) is 86.1 Å². The van der Waals surface area contributed by atoms with Gasteiger partial charge in [0.05, 0.1) is 19.1 Å². The first kappa shape index (κ1) is 15.7. The van der Waals surface area contributed by atoms with Crippen molar-refractivity contribution in [3.8, 4) is 0 Å². The number of aromatic nitrogens is 3. The molecule has 3 aliphatic heterocycles. The number of carbonyl (C=O) groups is 3. The lowest BCUT2D eigenvalue weighted by molar-refractivity contribution is 0.0472. The first-order chi connectivity index (χ1) is 12.0. The average molecular weight is 350 g/mol. The predicted molar refractivity (Wildman–Crippen MR) is 81.0 cm³/mol. The van der Waals surface area contributed by atoms with Crippen LogP contribution < -0.4 is 5.32 Å². The van der Waals surface area contributed by atoms with Gasteiger partial charge in [0, 0.05) is 26.1 Å². The van der Waals surface area contributed by atoms with Crippen molar-refractivity contribution in [3.63, 3.8) is 0 Å². The predicted octanol–water partition coefficient (Wildman–Crippen LogP) is -0.863. The molecule has 134 valence electrons. The van der Waals surface area contributed by atoms with E-state index in [-0.39, 0.29) is 23.9 Å². The minimum Gasteiger partial charge on any atom is -0.465 e. The normalized spacial score (nSPS) is 25.5. The molecule has 0 radical (unpaired) electrons. The molecule has 0 saturated carbocycles. The number of piperidine rings is 1. The highest BCUT2D eigenvalue weighted by molar-refractivity contribution is 5.90. The van der Waals surface area contributed by atoms with Gasteiger partial charge in [0.25, 0.3) is 5.91 Å². The second-order valence-corrected chi connectivity index (χ2v) is 6.33. The lowest BCUT2D eigenvalue weighted by atomic mass is 10.0. The summed E-state index contributed by atoms with van der Waals surface area (Å²) in [5.41, 5.74) is 0. The second kappa shape index (κ2) is 5.90. The van der Waals surface area contributed by atoms with E-state index in [1.54, 1.807) is 9.58 Å². The van der Waals surface area contributed by atoms with Gasteiger partial charge >= 0.3 is 12.2 Å². The third kappa shape index (κ3) is 2.85. The maximum atomic E-state index is 12.7. The van der Waals surface area contributed by atoms with Gasteiger partial charge in [-0.1, -0.05) is 0 Å². The first-order valence-electron chi connectivity index (χ1n) is 8.19. The Kier molecular flexibility index (Phi) is 3.70. The van der Waals surface area contributed by atoms with Gasteiger partial charge in [-0.3, -0.25) is 4.79 Å². The topological polar surface area (TPSA) is 130 Å². The van der Waals surface area contributed by atoms with Crippen LogP contribution in [0.1, 0.15) is 22.9 Å². The number of fused-ring (bicyclic) bond motifs is 2. The molecule has 2 fully saturated rings. The molecule has 2 saturated heterocycles. The summed E-state index contributed by atoms with van der Waals surface area (Å²) in [5, 5.41) is 16.0. The number of carboxylic acid groups (broad SMARTS) is 1. The summed E-state index contributed by atoms with van der Waals surface area (Å²) in [6.07, 6.45) is -0.708. The standard InChI is InChI=1S/C14H18N6O5/c21-12(19-3-1-8-9(7-19)25-13(22)15-8)11-16-10-2-4-18(14(23)24)5-6-20(10)17-11/h8-9H,1-7H2,(H,15,22)(H,23,24)/t8-,9-/m1/s1. The number of rotatable bonds is 1. The smallest absolute Gasteiger partial charge is 0.407 e. The first-order valence-corrected chi connectivity index (χ1v) is 8.19. The van der Waals surface area contributed by atoms with Gasteiger partial charge in [-0.15, -0.1) is 5.10 Å². The molecule has 25 heavy (non-hydrogen) atoms. The molecule has 4 heterocycles. The molecule has 11 nitrogen and oxygen atoms in total. The van der Waals surface area contributed by atoms with Crippen LogP contribution in [0.2, 0.25) is 0 Å². The molecule has 2 N–H and O–H groups in total. The zero-order valence-corrected chi connectivity index (χ0v) is 13.4. The molecule has 1 aromatic heterocycles. The number of amides is 3. The van der Waals surface area contributed by atoms with Crippen LogP contribution in [0.25, 0.3) is 0 Å². The van der Waals surface area contributed by atoms with Crippen LogP contribution in [0, 0.1) is 0 Å². The highest BCUT2D eigenvalue weighted by atomic mass is 16.6. The van der Waals surface area contributed by atoms with Gasteiger partial charge in [-0.25, -0.2) is 19.3 Å². The number of ether oxygens (including phenoxy) is 1. The van der Waals surface area contributed by atoms with Crippen molar-refractivity contribution in [1.82, 2.24) is 29.9 Å². The Labute approximate surface area is 142 Å². The summed E-state index contributed by atoms with van der Waals surface area (Å²) in [6.45, 7) is 1.83. The third-order valence-corrected chi connectivity index (χ3v) is 4.81. The Balaban J connectivity index is 1.45. The maximum Gasteiger partial charge on any atom is 0.407 e. The molecular formula is C14H18N6O5. The Morgan fingerprint density at radius 3 is 2.84 bits per heavy atom. The van der Waals surface area contributed by atoms with E-state index in [2.05, 4.69) is 15.4 Å². The molecule has 0 bridgehead atoms. The van der Waals surface area contributed by atoms with Crippen molar-refractivity contribution in [1.29, 1.82) is 0 Å². The van der Waals surface area contributed by atoms with Gasteiger partial charge in [0.1, 0.15) is 11.9 Å². The van der Waals surface area contributed by atoms with E-state index in [1.807, 2.05) is 0 Å². The molecule has 3 aliphatic rings. The SMILES string of the molecule is O=C1N[C@@H]2CCN(C(=O)c3nc4n(n3)CCN(C(=O)O)CC4)C[C@H]2O1. The molecule has 0 aliphatic carbocycles. The van der Waals surface area contributed by atoms with E-state index in [0.29, 0.717) is 51.4 Å². The second-order valence-electron chi connectivity index (χ2n) is 6.33. The summed E-state index contributed by atoms with van der Waals surface area (Å²) in [4.78, 5) is 42.2. The highest BCUT2D eigenvalue weighted by Crippen LogP contribution is 2.20. The van der Waals surface area contributed by atoms with Crippen molar-refractivity contribution in [2.24, 2.45) is 0 Å². The summed E-state index contributed by atoms with van der Waals surface area (Å²) in [7, 11) is 0. The van der Waals surface area contributed by atoms with E-state index >= 15 is 0 Å². The monoisotopic (exact) mass is 350 g/mol. The van der Waals surface area contributed by atoms with Crippen LogP contribution in [-0.2, 0) is 17.7 Å². The molecule has 11 heteroatoms. The molecular weight excluding hydrogens is 332 g/mol. The van der Waals surface area contributed by atoms with Crippen LogP contribution in [0.5, 0.6) is 0 Å². The molecule has 0 spiro atoms. The average Bonchev–Trinajstić information content (AvgIpc) is 3.10. The zero-order valence-electron chi connectivity index (χ0n) is 13.4. The molecule has 0 aromatic carbocycles. The van der Waals surface area contributed by atoms with Gasteiger partial charge in [0.15, 0.2) is 0 Å². The number of nitrogens with one attached hydrogen (secondary N) is 1. The Morgan fingerprint density at radius 1 is 1.20 bits per heavy atom. The highest BCUT2D eigenvalue weighted by Gasteiger charge is 2.40. The number of likely N-dealkylation sites (tertiary alicyclic amines) is 1. The molecule has 1 aromatic rings.